The number of fused-ring (bicyclic) bond motifs is 5. The number of aryl methyl sites for hydroxylation is 1. The molecule has 5 bridgehead atoms. The van der Waals surface area contributed by atoms with Crippen LogP contribution in [0.25, 0.3) is 33.7 Å². The van der Waals surface area contributed by atoms with E-state index in [1.807, 2.05) is 107 Å². The fourth-order valence-electron chi connectivity index (χ4n) is 10.8. The van der Waals surface area contributed by atoms with Crippen LogP contribution in [0.2, 0.25) is 0 Å². The normalized spacial score (nSPS) is 22.6. The molecule has 3 aromatic carbocycles. The summed E-state index contributed by atoms with van der Waals surface area (Å²) in [5.41, 5.74) is 10.7. The molecule has 0 spiro atoms. The van der Waals surface area contributed by atoms with E-state index in [1.165, 1.54) is 22.7 Å². The van der Waals surface area contributed by atoms with E-state index in [2.05, 4.69) is 67.7 Å². The lowest BCUT2D eigenvalue weighted by atomic mass is 9.95. The van der Waals surface area contributed by atoms with Gasteiger partial charge in [-0.1, -0.05) is 127 Å². The number of hydrogen-bond acceptors (Lipinski definition) is 15. The van der Waals surface area contributed by atoms with Crippen LogP contribution in [-0.2, 0) is 52.6 Å². The van der Waals surface area contributed by atoms with Gasteiger partial charge < -0.3 is 35.5 Å². The number of methoxy groups -OCH3 is 1. The number of pyridine rings is 2. The molecule has 8 rings (SSSR count). The highest BCUT2D eigenvalue weighted by Gasteiger charge is 2.38. The number of carbonyl (C=O) groups excluding carboxylic acids is 8. The van der Waals surface area contributed by atoms with E-state index in [1.54, 1.807) is 86.0 Å². The number of esters is 2. The van der Waals surface area contributed by atoms with Crippen LogP contribution in [0.5, 0.6) is 0 Å². The number of aromatic nitrogens is 2. The molecule has 0 radical (unpaired) electrons. The number of allylic oxidation sites excluding steroid dienone is 2. The molecule has 2 fully saturated rings. The molecular formula is C72H96N10O11. The van der Waals surface area contributed by atoms with E-state index in [-0.39, 0.29) is 53.5 Å². The summed E-state index contributed by atoms with van der Waals surface area (Å²) in [4.78, 5) is 114. The molecule has 6 N–H and O–H groups in total. The number of hydrazine groups is 2. The highest BCUT2D eigenvalue weighted by molar-refractivity contribution is 5.93. The van der Waals surface area contributed by atoms with Crippen molar-refractivity contribution in [2.24, 2.45) is 29.6 Å². The second-order valence-corrected chi connectivity index (χ2v) is 25.1. The van der Waals surface area contributed by atoms with Crippen LogP contribution in [0, 0.1) is 36.5 Å². The zero-order valence-electron chi connectivity index (χ0n) is 56.4. The maximum absolute atomic E-state index is 13.3. The summed E-state index contributed by atoms with van der Waals surface area (Å²) in [6.07, 6.45) is 12.1. The lowest BCUT2D eigenvalue weighted by molar-refractivity contribution is -0.165. The Morgan fingerprint density at radius 2 is 1.43 bits per heavy atom. The molecule has 6 amide bonds. The largest absolute Gasteiger partial charge is 0.452 e. The van der Waals surface area contributed by atoms with Gasteiger partial charge in [0, 0.05) is 43.4 Å². The van der Waals surface area contributed by atoms with E-state index in [9.17, 15) is 38.4 Å². The van der Waals surface area contributed by atoms with E-state index < -0.39 is 78.1 Å². The first-order chi connectivity index (χ1) is 44.2. The van der Waals surface area contributed by atoms with Crippen molar-refractivity contribution in [3.05, 3.63) is 144 Å². The van der Waals surface area contributed by atoms with Crippen molar-refractivity contribution in [3.63, 3.8) is 0 Å². The number of cyclic esters (lactones) is 1. The minimum Gasteiger partial charge on any atom is -0.452 e. The van der Waals surface area contributed by atoms with Crippen LogP contribution in [0.3, 0.4) is 0 Å². The van der Waals surface area contributed by atoms with Gasteiger partial charge in [0.05, 0.1) is 41.4 Å². The van der Waals surface area contributed by atoms with Crippen LogP contribution in [-0.4, -0.2) is 130 Å². The lowest BCUT2D eigenvalue weighted by Gasteiger charge is -2.35. The molecule has 0 saturated carbocycles. The Balaban J connectivity index is 0.000000266. The summed E-state index contributed by atoms with van der Waals surface area (Å²) in [7, 11) is 1.50. The van der Waals surface area contributed by atoms with Crippen molar-refractivity contribution in [2.45, 2.75) is 170 Å². The number of rotatable bonds is 14. The predicted molar refractivity (Wildman–Crippen MR) is 360 cm³/mol. The first-order valence-corrected chi connectivity index (χ1v) is 32.3. The van der Waals surface area contributed by atoms with E-state index in [0.29, 0.717) is 44.5 Å². The second-order valence-electron chi connectivity index (χ2n) is 25.1. The van der Waals surface area contributed by atoms with E-state index in [4.69, 9.17) is 14.2 Å². The Hall–Kier alpha value is -8.66. The van der Waals surface area contributed by atoms with Gasteiger partial charge in [0.25, 0.3) is 23.6 Å². The van der Waals surface area contributed by atoms with Gasteiger partial charge in [0.15, 0.2) is 12.2 Å². The standard InChI is InChI=1S/C34H47N5O5.C31H41N5O6.C7H8/c1-9-12-21(5)22(6)34(43)44-30(20(3)4)32(41)37-24(8)33(42)39-16-11-13-29(38-39)31(40)36-23(7)25-14-15-26-19-35-28(10-2)18-27(26)17-25;1-17(2)27-29(38)34-20(5)30(39)36-13-7-8-25(35-36)28(37)33-19(4)21-9-10-22-16-32-24(15-23(22)14-21)11-12-26(41-6)18(3)31(40)42-27;1-7-5-3-2-4-6-7/h9-10,12,14-15,17-24,29-30,38H,2,11,13,16H2,1,3-8H3,(H,36,40)(H,37,41);9-12,14-20,25-27,35H,7-8,13H2,1-6H3,(H,33,37)(H,34,38);2-6H,1H3/b12-9+;12-11+;/t21-,22-,23-,24+,29+,30+;18-,19-,20+,25+,26-,27+;/m11./s1. The predicted octanol–water partition coefficient (Wildman–Crippen LogP) is 9.12. The third-order valence-electron chi connectivity index (χ3n) is 16.9. The van der Waals surface area contributed by atoms with Gasteiger partial charge in [-0.3, -0.25) is 58.3 Å². The van der Waals surface area contributed by atoms with Crippen LogP contribution in [0.15, 0.2) is 116 Å². The van der Waals surface area contributed by atoms with E-state index in [0.717, 1.165) is 38.4 Å². The highest BCUT2D eigenvalue weighted by atomic mass is 16.6. The number of ether oxygens (including phenoxy) is 3. The quantitative estimate of drug-likeness (QED) is 0.0447. The van der Waals surface area contributed by atoms with Crippen molar-refractivity contribution < 1.29 is 52.6 Å². The molecule has 5 heterocycles. The Bertz CT molecular complexity index is 3480. The molecule has 0 aliphatic carbocycles. The zero-order chi connectivity index (χ0) is 68.2. The van der Waals surface area contributed by atoms with Gasteiger partial charge in [0.2, 0.25) is 11.8 Å². The molecule has 12 atom stereocenters. The van der Waals surface area contributed by atoms with Crippen LogP contribution < -0.4 is 32.1 Å². The minimum absolute atomic E-state index is 0.0437. The van der Waals surface area contributed by atoms with Crippen molar-refractivity contribution >= 4 is 81.1 Å². The topological polar surface area (TPSA) is 269 Å². The first kappa shape index (κ1) is 73.4. The molecule has 2 aromatic heterocycles. The molecule has 500 valence electrons. The second kappa shape index (κ2) is 34.8. The van der Waals surface area contributed by atoms with Crippen molar-refractivity contribution in [2.75, 3.05) is 20.2 Å². The molecule has 93 heavy (non-hydrogen) atoms. The molecule has 2 saturated heterocycles. The molecule has 3 aliphatic rings. The van der Waals surface area contributed by atoms with Gasteiger partial charge in [-0.15, -0.1) is 0 Å². The van der Waals surface area contributed by atoms with Gasteiger partial charge in [-0.25, -0.2) is 10.9 Å². The number of amides is 6. The molecule has 0 unspecified atom stereocenters. The van der Waals surface area contributed by atoms with Gasteiger partial charge in [-0.05, 0) is 150 Å². The number of nitrogens with zero attached hydrogens (tertiary/aromatic N) is 4. The SMILES string of the molecule is C=Cc1cc2cc([C@@H](C)NC(=O)[C@@H]3CCCN(C(=O)[C@H](C)NC(=O)[C@@H](OC(=O)[C@H](C)[C@H](C)/C=C/C)C(C)C)N3)ccc2cn1.CO[C@@H]1/C=C/c2cc3cc(ccc3cn2)[C@@H](C)NC(=O)[C@@H]2CCCN(N2)C(=O)[C@H](C)NC(=O)[C@H](C(C)C)OC(=O)[C@@H]1C.Cc1ccccc1. The average Bonchev–Trinajstić information content (AvgIpc) is 0.903. The van der Waals surface area contributed by atoms with E-state index >= 15 is 0 Å². The summed E-state index contributed by atoms with van der Waals surface area (Å²) in [5.74, 6) is -5.21. The number of carbonyl (C=O) groups is 8. The van der Waals surface area contributed by atoms with Gasteiger partial charge in [-0.2, -0.15) is 0 Å². The van der Waals surface area contributed by atoms with Crippen molar-refractivity contribution in [3.8, 4) is 0 Å². The number of benzene rings is 3. The summed E-state index contributed by atoms with van der Waals surface area (Å²) in [5, 5.41) is 18.2. The summed E-state index contributed by atoms with van der Waals surface area (Å²) in [6.45, 7) is 28.0. The van der Waals surface area contributed by atoms with Crippen molar-refractivity contribution in [1.82, 2.24) is 52.1 Å². The van der Waals surface area contributed by atoms with Crippen molar-refractivity contribution in [1.29, 1.82) is 0 Å². The smallest absolute Gasteiger partial charge is 0.312 e. The fourth-order valence-corrected chi connectivity index (χ4v) is 10.8. The van der Waals surface area contributed by atoms with Crippen LogP contribution in [0.4, 0.5) is 0 Å². The Kier molecular flexibility index (Phi) is 27.5. The zero-order valence-corrected chi connectivity index (χ0v) is 56.4. The molecule has 21 heteroatoms. The third-order valence-corrected chi connectivity index (χ3v) is 16.9. The summed E-state index contributed by atoms with van der Waals surface area (Å²) >= 11 is 0. The van der Waals surface area contributed by atoms with Gasteiger partial charge >= 0.3 is 11.9 Å². The Morgan fingerprint density at radius 1 is 0.763 bits per heavy atom. The summed E-state index contributed by atoms with van der Waals surface area (Å²) < 4.78 is 16.8. The average molecular weight is 1280 g/mol. The Morgan fingerprint density at radius 3 is 2.08 bits per heavy atom. The Labute approximate surface area is 547 Å². The van der Waals surface area contributed by atoms with Gasteiger partial charge in [0.1, 0.15) is 24.2 Å². The third kappa shape index (κ3) is 20.7. The van der Waals surface area contributed by atoms with Crippen LogP contribution >= 0.6 is 0 Å². The first-order valence-electron chi connectivity index (χ1n) is 32.3. The maximum Gasteiger partial charge on any atom is 0.312 e. The summed E-state index contributed by atoms with van der Waals surface area (Å²) in [6, 6.07) is 22.4. The highest BCUT2D eigenvalue weighted by Crippen LogP contribution is 2.26. The monoisotopic (exact) mass is 1280 g/mol. The van der Waals surface area contributed by atoms with Crippen LogP contribution in [0.1, 0.15) is 149 Å². The molecule has 3 aliphatic heterocycles. The maximum atomic E-state index is 13.3. The number of hydrogen-bond donors (Lipinski definition) is 6. The number of nitrogens with one attached hydrogen (secondary N) is 6. The minimum atomic E-state index is -1.11. The lowest BCUT2D eigenvalue weighted by Crippen LogP contribution is -2.61. The fraction of sp³-hybridized carbons (Fsp3) is 0.472. The molecule has 21 nitrogen and oxygen atoms in total. The molecule has 5 aromatic rings. The molecular weight excluding hydrogens is 1180 g/mol.